The number of hydrogen-bond donors (Lipinski definition) is 2. The molecule has 1 heterocycles. The minimum absolute atomic E-state index is 0.223. The monoisotopic (exact) mass is 630 g/mol. The number of anilines is 1. The van der Waals surface area contributed by atoms with Gasteiger partial charge in [-0.05, 0) is 72.6 Å². The quantitative estimate of drug-likeness (QED) is 0.194. The lowest BCUT2D eigenvalue weighted by Crippen LogP contribution is -2.30. The van der Waals surface area contributed by atoms with Crippen LogP contribution in [0.15, 0.2) is 77.1 Å². The zero-order valence-corrected chi connectivity index (χ0v) is 24.8. The van der Waals surface area contributed by atoms with Crippen LogP contribution in [0.3, 0.4) is 0 Å². The highest BCUT2D eigenvalue weighted by Crippen LogP contribution is 2.28. The van der Waals surface area contributed by atoms with Gasteiger partial charge in [-0.1, -0.05) is 0 Å². The van der Waals surface area contributed by atoms with E-state index in [1.165, 1.54) is 49.8 Å². The van der Waals surface area contributed by atoms with Gasteiger partial charge in [0.15, 0.2) is 4.80 Å². The summed E-state index contributed by atoms with van der Waals surface area (Å²) in [5, 5.41) is 7.27. The van der Waals surface area contributed by atoms with Gasteiger partial charge in [-0.15, -0.1) is 24.5 Å². The molecule has 0 aliphatic rings. The molecule has 0 unspecified atom stereocenters. The van der Waals surface area contributed by atoms with Gasteiger partial charge < -0.3 is 34.1 Å². The Hall–Kier alpha value is -4.98. The van der Waals surface area contributed by atoms with Crippen molar-refractivity contribution < 1.29 is 41.7 Å². The molecule has 2 N–H and O–H groups in total. The number of nitrogens with zero attached hydrogens (tertiary/aromatic N) is 2. The molecule has 0 spiro atoms. The zero-order chi connectivity index (χ0) is 31.7. The molecule has 0 saturated carbocycles. The summed E-state index contributed by atoms with van der Waals surface area (Å²) in [7, 11) is 4.48. The van der Waals surface area contributed by atoms with Gasteiger partial charge in [-0.25, -0.2) is 4.79 Å². The maximum atomic E-state index is 13.2. The molecule has 3 aromatic carbocycles. The first-order valence-corrected chi connectivity index (χ1v) is 14.0. The highest BCUT2D eigenvalue weighted by atomic mass is 32.1. The van der Waals surface area contributed by atoms with Crippen molar-refractivity contribution in [3.05, 3.63) is 82.5 Å². The lowest BCUT2D eigenvalue weighted by Gasteiger charge is -2.12. The fourth-order valence-corrected chi connectivity index (χ4v) is 5.04. The predicted octanol–water partition coefficient (Wildman–Crippen LogP) is 6.09. The second-order valence-electron chi connectivity index (χ2n) is 9.07. The van der Waals surface area contributed by atoms with Crippen LogP contribution in [-0.2, 0) is 6.54 Å². The van der Waals surface area contributed by atoms with Gasteiger partial charge in [-0.2, -0.15) is 4.99 Å². The average molecular weight is 631 g/mol. The number of urea groups is 1. The number of rotatable bonds is 11. The number of benzene rings is 3. The van der Waals surface area contributed by atoms with Crippen LogP contribution in [0.4, 0.5) is 23.7 Å². The highest BCUT2D eigenvalue weighted by molar-refractivity contribution is 7.07. The molecule has 0 bridgehead atoms. The highest BCUT2D eigenvalue weighted by Gasteiger charge is 2.31. The SMILES string of the molecule is COc1ccc(NC(=O)NCCCn2c(-c3ccc(OC(F)(F)F)cc3)csc2=NC(=O)c2ccc(OC)cc2OC)cc1. The van der Waals surface area contributed by atoms with Crippen molar-refractivity contribution in [1.29, 1.82) is 0 Å². The standard InChI is InChI=1S/C30H29F3N4O6S/c1-40-21-11-7-20(8-12-21)35-28(39)34-15-4-16-37-25(19-5-9-22(10-6-19)43-30(31,32)33)18-44-29(37)36-27(38)24-14-13-23(41-2)17-26(24)42-3/h5-14,17-18H,4,15-16H2,1-3H3,(H2,34,35,39). The number of thiazole rings is 1. The molecule has 0 atom stereocenters. The first kappa shape index (κ1) is 31.9. The van der Waals surface area contributed by atoms with E-state index in [1.807, 2.05) is 0 Å². The molecular formula is C30H29F3N4O6S. The Morgan fingerprint density at radius 3 is 2.18 bits per heavy atom. The molecule has 1 aromatic heterocycles. The van der Waals surface area contributed by atoms with Crippen LogP contribution in [0.25, 0.3) is 11.3 Å². The molecule has 44 heavy (non-hydrogen) atoms. The number of carbonyl (C=O) groups is 2. The molecule has 0 aliphatic carbocycles. The third-order valence-electron chi connectivity index (χ3n) is 6.21. The van der Waals surface area contributed by atoms with Crippen LogP contribution in [0.5, 0.6) is 23.0 Å². The third-order valence-corrected chi connectivity index (χ3v) is 7.07. The molecule has 0 aliphatic heterocycles. The van der Waals surface area contributed by atoms with Crippen LogP contribution < -0.4 is 34.4 Å². The minimum atomic E-state index is -4.81. The Morgan fingerprint density at radius 1 is 0.886 bits per heavy atom. The fourth-order valence-electron chi connectivity index (χ4n) is 4.10. The molecule has 232 valence electrons. The maximum Gasteiger partial charge on any atom is 0.573 e. The van der Waals surface area contributed by atoms with E-state index < -0.39 is 18.3 Å². The Kier molecular flexibility index (Phi) is 10.5. The van der Waals surface area contributed by atoms with E-state index in [1.54, 1.807) is 59.5 Å². The minimum Gasteiger partial charge on any atom is -0.497 e. The smallest absolute Gasteiger partial charge is 0.497 e. The van der Waals surface area contributed by atoms with Crippen molar-refractivity contribution in [2.75, 3.05) is 33.2 Å². The summed E-state index contributed by atoms with van der Waals surface area (Å²) < 4.78 is 59.3. The number of ether oxygens (including phenoxy) is 4. The van der Waals surface area contributed by atoms with E-state index in [0.717, 1.165) is 0 Å². The van der Waals surface area contributed by atoms with Gasteiger partial charge in [0.25, 0.3) is 5.91 Å². The summed E-state index contributed by atoms with van der Waals surface area (Å²) in [5.41, 5.74) is 2.01. The number of halogens is 3. The second kappa shape index (κ2) is 14.5. The number of methoxy groups -OCH3 is 3. The van der Waals surface area contributed by atoms with Gasteiger partial charge in [0, 0.05) is 30.2 Å². The van der Waals surface area contributed by atoms with E-state index in [2.05, 4.69) is 20.4 Å². The van der Waals surface area contributed by atoms with Crippen LogP contribution in [-0.4, -0.2) is 50.7 Å². The van der Waals surface area contributed by atoms with Crippen molar-refractivity contribution in [2.24, 2.45) is 4.99 Å². The molecule has 0 radical (unpaired) electrons. The van der Waals surface area contributed by atoms with E-state index in [-0.39, 0.29) is 23.6 Å². The summed E-state index contributed by atoms with van der Waals surface area (Å²) >= 11 is 1.19. The van der Waals surface area contributed by atoms with Crippen LogP contribution >= 0.6 is 11.3 Å². The molecule has 10 nitrogen and oxygen atoms in total. The zero-order valence-electron chi connectivity index (χ0n) is 23.9. The van der Waals surface area contributed by atoms with Gasteiger partial charge in [0.1, 0.15) is 23.0 Å². The van der Waals surface area contributed by atoms with Crippen molar-refractivity contribution in [1.82, 2.24) is 9.88 Å². The van der Waals surface area contributed by atoms with Gasteiger partial charge >= 0.3 is 12.4 Å². The summed E-state index contributed by atoms with van der Waals surface area (Å²) in [6.07, 6.45) is -4.37. The van der Waals surface area contributed by atoms with Crippen LogP contribution in [0.1, 0.15) is 16.8 Å². The molecule has 0 fully saturated rings. The topological polar surface area (TPSA) is 112 Å². The average Bonchev–Trinajstić information content (AvgIpc) is 3.40. The molecule has 3 amide bonds. The van der Waals surface area contributed by atoms with Crippen LogP contribution in [0.2, 0.25) is 0 Å². The molecule has 0 saturated heterocycles. The maximum absolute atomic E-state index is 13.2. The number of carbonyl (C=O) groups excluding carboxylic acids is 2. The van der Waals surface area contributed by atoms with E-state index >= 15 is 0 Å². The Bertz CT molecular complexity index is 1650. The van der Waals surface area contributed by atoms with E-state index in [4.69, 9.17) is 14.2 Å². The first-order valence-electron chi connectivity index (χ1n) is 13.1. The summed E-state index contributed by atoms with van der Waals surface area (Å²) in [6.45, 7) is 0.608. The van der Waals surface area contributed by atoms with Crippen molar-refractivity contribution >= 4 is 29.0 Å². The number of amides is 3. The Labute approximate surface area is 254 Å². The molecular weight excluding hydrogens is 601 g/mol. The summed E-state index contributed by atoms with van der Waals surface area (Å²) in [6, 6.07) is 16.6. The van der Waals surface area contributed by atoms with E-state index in [0.29, 0.717) is 46.2 Å². The Morgan fingerprint density at radius 2 is 1.55 bits per heavy atom. The van der Waals surface area contributed by atoms with Crippen LogP contribution in [0, 0.1) is 0 Å². The largest absolute Gasteiger partial charge is 0.573 e. The van der Waals surface area contributed by atoms with E-state index in [9.17, 15) is 22.8 Å². The number of hydrogen-bond acceptors (Lipinski definition) is 7. The fraction of sp³-hybridized carbons (Fsp3) is 0.233. The predicted molar refractivity (Wildman–Crippen MR) is 158 cm³/mol. The number of alkyl halides is 3. The molecule has 4 aromatic rings. The van der Waals surface area contributed by atoms with Crippen molar-refractivity contribution in [3.63, 3.8) is 0 Å². The normalized spacial score (nSPS) is 11.5. The lowest BCUT2D eigenvalue weighted by molar-refractivity contribution is -0.274. The lowest BCUT2D eigenvalue weighted by atomic mass is 10.1. The second-order valence-corrected chi connectivity index (χ2v) is 9.91. The number of aromatic nitrogens is 1. The van der Waals surface area contributed by atoms with Crippen molar-refractivity contribution in [2.45, 2.75) is 19.3 Å². The van der Waals surface area contributed by atoms with Gasteiger partial charge in [-0.3, -0.25) is 4.79 Å². The Balaban J connectivity index is 1.55. The first-order chi connectivity index (χ1) is 21.1. The molecule has 14 heteroatoms. The third kappa shape index (κ3) is 8.53. The van der Waals surface area contributed by atoms with Gasteiger partial charge in [0.05, 0.1) is 32.6 Å². The summed E-state index contributed by atoms with van der Waals surface area (Å²) in [5.74, 6) is 0.536. The molecule has 4 rings (SSSR count). The van der Waals surface area contributed by atoms with Crippen molar-refractivity contribution in [3.8, 4) is 34.3 Å². The van der Waals surface area contributed by atoms with Gasteiger partial charge in [0.2, 0.25) is 0 Å². The summed E-state index contributed by atoms with van der Waals surface area (Å²) in [4.78, 5) is 30.3. The number of nitrogens with one attached hydrogen (secondary N) is 2.